The molecule has 23 heavy (non-hydrogen) atoms. The Hall–Kier alpha value is -2.41. The number of amides is 2. The van der Waals surface area contributed by atoms with Gasteiger partial charge in [0.15, 0.2) is 0 Å². The minimum absolute atomic E-state index is 0.329. The maximum atomic E-state index is 12.4. The molecule has 0 bridgehead atoms. The monoisotopic (exact) mass is 331 g/mol. The molecule has 0 atom stereocenters. The molecule has 1 aromatic carbocycles. The molecule has 3 rings (SSSR count). The zero-order chi connectivity index (χ0) is 16.4. The second-order valence-corrected chi connectivity index (χ2v) is 6.49. The van der Waals surface area contributed by atoms with Crippen molar-refractivity contribution >= 4 is 28.8 Å². The number of anilines is 1. The summed E-state index contributed by atoms with van der Waals surface area (Å²) in [6.07, 6.45) is 3.54. The number of nitrogens with two attached hydrogens (primary N) is 1. The van der Waals surface area contributed by atoms with Crippen molar-refractivity contribution in [3.8, 4) is 10.9 Å². The number of nitrogens with zero attached hydrogens (tertiary/aromatic N) is 1. The number of aryl methyl sites for hydroxylation is 1. The van der Waals surface area contributed by atoms with Gasteiger partial charge in [0, 0.05) is 17.3 Å². The summed E-state index contributed by atoms with van der Waals surface area (Å²) in [6, 6.07) is 5.31. The molecule has 7 heteroatoms. The Kier molecular flexibility index (Phi) is 4.04. The van der Waals surface area contributed by atoms with Crippen LogP contribution in [0, 0.1) is 12.3 Å². The van der Waals surface area contributed by atoms with Crippen molar-refractivity contribution in [3.05, 3.63) is 35.3 Å². The van der Waals surface area contributed by atoms with Gasteiger partial charge in [0.25, 0.3) is 5.19 Å². The van der Waals surface area contributed by atoms with Crippen LogP contribution in [-0.2, 0) is 9.59 Å². The van der Waals surface area contributed by atoms with E-state index in [1.54, 1.807) is 24.4 Å². The zero-order valence-corrected chi connectivity index (χ0v) is 13.5. The fourth-order valence-corrected chi connectivity index (χ4v) is 3.06. The number of carbonyl (C=O) groups excluding carboxylic acids is 2. The summed E-state index contributed by atoms with van der Waals surface area (Å²) in [6.45, 7) is 1.88. The number of hydrogen-bond donors (Lipinski definition) is 2. The molecule has 6 nitrogen and oxygen atoms in total. The summed E-state index contributed by atoms with van der Waals surface area (Å²) in [5, 5.41) is 5.18. The van der Waals surface area contributed by atoms with Crippen LogP contribution in [0.2, 0.25) is 0 Å². The Balaban J connectivity index is 1.73. The fraction of sp³-hybridized carbons (Fsp3) is 0.312. The third-order valence-corrected chi connectivity index (χ3v) is 4.80. The molecule has 0 radical (unpaired) electrons. The van der Waals surface area contributed by atoms with Crippen LogP contribution in [0.15, 0.2) is 29.8 Å². The van der Waals surface area contributed by atoms with Crippen molar-refractivity contribution in [1.29, 1.82) is 0 Å². The van der Waals surface area contributed by atoms with E-state index in [0.717, 1.165) is 12.0 Å². The number of benzene rings is 1. The maximum Gasteiger partial charge on any atom is 0.278 e. The van der Waals surface area contributed by atoms with E-state index in [1.807, 2.05) is 12.3 Å². The normalized spacial score (nSPS) is 15.5. The van der Waals surface area contributed by atoms with E-state index < -0.39 is 11.3 Å². The third kappa shape index (κ3) is 2.92. The van der Waals surface area contributed by atoms with Crippen molar-refractivity contribution in [2.45, 2.75) is 26.2 Å². The summed E-state index contributed by atoms with van der Waals surface area (Å²) in [5.41, 5.74) is 5.82. The number of primary amides is 1. The number of rotatable bonds is 5. The van der Waals surface area contributed by atoms with Gasteiger partial charge in [-0.25, -0.2) is 4.98 Å². The number of hydrogen-bond acceptors (Lipinski definition) is 5. The van der Waals surface area contributed by atoms with Gasteiger partial charge < -0.3 is 15.8 Å². The van der Waals surface area contributed by atoms with E-state index in [0.29, 0.717) is 29.5 Å². The van der Waals surface area contributed by atoms with Crippen LogP contribution in [0.25, 0.3) is 0 Å². The van der Waals surface area contributed by atoms with Crippen molar-refractivity contribution in [3.63, 3.8) is 0 Å². The van der Waals surface area contributed by atoms with Gasteiger partial charge in [0.05, 0.1) is 0 Å². The topological polar surface area (TPSA) is 94.3 Å². The van der Waals surface area contributed by atoms with E-state index in [4.69, 9.17) is 10.5 Å². The molecule has 1 aliphatic carbocycles. The third-order valence-electron chi connectivity index (χ3n) is 4.15. The van der Waals surface area contributed by atoms with Crippen molar-refractivity contribution in [2.75, 3.05) is 5.32 Å². The first-order valence-electron chi connectivity index (χ1n) is 7.31. The number of thiazole rings is 1. The van der Waals surface area contributed by atoms with E-state index in [2.05, 4.69) is 10.3 Å². The predicted octanol–water partition coefficient (Wildman–Crippen LogP) is 2.84. The molecule has 1 saturated carbocycles. The Morgan fingerprint density at radius 2 is 2.17 bits per heavy atom. The van der Waals surface area contributed by atoms with Crippen molar-refractivity contribution in [1.82, 2.24) is 4.98 Å². The van der Waals surface area contributed by atoms with Gasteiger partial charge in [-0.3, -0.25) is 9.59 Å². The van der Waals surface area contributed by atoms with Crippen LogP contribution in [0.1, 0.15) is 24.8 Å². The summed E-state index contributed by atoms with van der Waals surface area (Å²) >= 11 is 1.40. The molecule has 1 aliphatic rings. The Bertz CT molecular complexity index is 739. The van der Waals surface area contributed by atoms with Gasteiger partial charge >= 0.3 is 0 Å². The highest BCUT2D eigenvalue weighted by molar-refractivity contribution is 7.11. The first-order chi connectivity index (χ1) is 11.0. The number of carbonyl (C=O) groups is 2. The lowest BCUT2D eigenvalue weighted by atomic mass is 9.67. The zero-order valence-electron chi connectivity index (χ0n) is 12.7. The summed E-state index contributed by atoms with van der Waals surface area (Å²) in [4.78, 5) is 28.0. The molecule has 2 amide bonds. The van der Waals surface area contributed by atoms with Crippen LogP contribution in [-0.4, -0.2) is 16.8 Å². The first kappa shape index (κ1) is 15.5. The van der Waals surface area contributed by atoms with E-state index >= 15 is 0 Å². The molecule has 3 N–H and O–H groups in total. The predicted molar refractivity (Wildman–Crippen MR) is 87.5 cm³/mol. The van der Waals surface area contributed by atoms with Gasteiger partial charge in [0.1, 0.15) is 11.2 Å². The lowest BCUT2D eigenvalue weighted by Gasteiger charge is -2.36. The SMILES string of the molecule is Cc1cc(NC(=O)C2(C(N)=O)CCC2)ccc1Oc1nccs1. The van der Waals surface area contributed by atoms with E-state index in [9.17, 15) is 9.59 Å². The van der Waals surface area contributed by atoms with Crippen LogP contribution in [0.4, 0.5) is 5.69 Å². The Morgan fingerprint density at radius 3 is 2.70 bits per heavy atom. The molecule has 1 aromatic heterocycles. The molecular weight excluding hydrogens is 314 g/mol. The van der Waals surface area contributed by atoms with Crippen molar-refractivity contribution < 1.29 is 14.3 Å². The van der Waals surface area contributed by atoms with Crippen molar-refractivity contribution in [2.24, 2.45) is 11.1 Å². The molecule has 120 valence electrons. The summed E-state index contributed by atoms with van der Waals surface area (Å²) < 4.78 is 5.67. The van der Waals surface area contributed by atoms with Crippen LogP contribution < -0.4 is 15.8 Å². The highest BCUT2D eigenvalue weighted by Gasteiger charge is 2.49. The standard InChI is InChI=1S/C16H17N3O3S/c1-10-9-11(3-4-12(10)22-15-18-7-8-23-15)19-14(21)16(13(17)20)5-2-6-16/h3-4,7-9H,2,5-6H2,1H3,(H2,17,20)(H,19,21). The maximum absolute atomic E-state index is 12.4. The summed E-state index contributed by atoms with van der Waals surface area (Å²) in [7, 11) is 0. The number of nitrogens with one attached hydrogen (secondary N) is 1. The highest BCUT2D eigenvalue weighted by Crippen LogP contribution is 2.41. The molecule has 2 aromatic rings. The molecule has 0 unspecified atom stereocenters. The minimum Gasteiger partial charge on any atom is -0.431 e. The lowest BCUT2D eigenvalue weighted by molar-refractivity contribution is -0.144. The Morgan fingerprint density at radius 1 is 1.39 bits per heavy atom. The second-order valence-electron chi connectivity index (χ2n) is 5.63. The first-order valence-corrected chi connectivity index (χ1v) is 8.18. The van der Waals surface area contributed by atoms with Gasteiger partial charge in [-0.15, -0.1) is 0 Å². The van der Waals surface area contributed by atoms with Gasteiger partial charge in [0.2, 0.25) is 11.8 Å². The molecule has 0 spiro atoms. The number of ether oxygens (including phenoxy) is 1. The largest absolute Gasteiger partial charge is 0.431 e. The molecule has 1 fully saturated rings. The van der Waals surface area contributed by atoms with Gasteiger partial charge in [-0.05, 0) is 43.5 Å². The highest BCUT2D eigenvalue weighted by atomic mass is 32.1. The average molecular weight is 331 g/mol. The van der Waals surface area contributed by atoms with E-state index in [-0.39, 0.29) is 5.91 Å². The van der Waals surface area contributed by atoms with Crippen LogP contribution in [0.3, 0.4) is 0 Å². The molecular formula is C16H17N3O3S. The van der Waals surface area contributed by atoms with Gasteiger partial charge in [-0.1, -0.05) is 17.8 Å². The smallest absolute Gasteiger partial charge is 0.278 e. The lowest BCUT2D eigenvalue weighted by Crippen LogP contribution is -2.51. The average Bonchev–Trinajstić information content (AvgIpc) is 2.93. The number of aromatic nitrogens is 1. The minimum atomic E-state index is -1.05. The fourth-order valence-electron chi connectivity index (χ4n) is 2.56. The Labute approximate surface area is 137 Å². The van der Waals surface area contributed by atoms with E-state index in [1.165, 1.54) is 11.3 Å². The second kappa shape index (κ2) is 6.00. The molecule has 1 heterocycles. The van der Waals surface area contributed by atoms with Gasteiger partial charge in [-0.2, -0.15) is 0 Å². The van der Waals surface area contributed by atoms with Crippen LogP contribution >= 0.6 is 11.3 Å². The quantitative estimate of drug-likeness (QED) is 0.824. The molecule has 0 aliphatic heterocycles. The van der Waals surface area contributed by atoms with Crippen LogP contribution in [0.5, 0.6) is 10.9 Å². The summed E-state index contributed by atoms with van der Waals surface area (Å²) in [5.74, 6) is -0.211. The molecule has 0 saturated heterocycles.